The van der Waals surface area contributed by atoms with Gasteiger partial charge in [-0.05, 0) is 36.1 Å². The Labute approximate surface area is 103 Å². The van der Waals surface area contributed by atoms with Crippen LogP contribution in [0.4, 0.5) is 4.39 Å². The number of rotatable bonds is 4. The highest BCUT2D eigenvalue weighted by atomic mass is 32.1. The average molecular weight is 252 g/mol. The van der Waals surface area contributed by atoms with Crippen molar-refractivity contribution in [2.45, 2.75) is 19.6 Å². The molecule has 90 valence electrons. The van der Waals surface area contributed by atoms with E-state index in [2.05, 4.69) is 0 Å². The number of thiophene rings is 1. The maximum absolute atomic E-state index is 13.6. The molecule has 1 N–H and O–H groups in total. The van der Waals surface area contributed by atoms with E-state index in [4.69, 9.17) is 4.74 Å². The predicted molar refractivity (Wildman–Crippen MR) is 65.7 cm³/mol. The van der Waals surface area contributed by atoms with Gasteiger partial charge >= 0.3 is 0 Å². The van der Waals surface area contributed by atoms with Gasteiger partial charge in [-0.15, -0.1) is 11.3 Å². The molecule has 1 aromatic carbocycles. The molecule has 0 saturated heterocycles. The minimum Gasteiger partial charge on any atom is -0.485 e. The Balaban J connectivity index is 2.06. The topological polar surface area (TPSA) is 29.5 Å². The first-order valence-electron chi connectivity index (χ1n) is 5.29. The van der Waals surface area contributed by atoms with Crippen LogP contribution in [-0.2, 0) is 6.61 Å². The molecule has 0 amide bonds. The van der Waals surface area contributed by atoms with E-state index in [0.29, 0.717) is 12.2 Å². The van der Waals surface area contributed by atoms with Crippen molar-refractivity contribution in [2.24, 2.45) is 0 Å². The summed E-state index contributed by atoms with van der Waals surface area (Å²) in [5.74, 6) is -0.234. The van der Waals surface area contributed by atoms with Gasteiger partial charge in [0.05, 0.1) is 6.10 Å². The standard InChI is InChI=1S/C13H13FO2S/c1-9(15)10-4-5-13(12(14)7-10)16-8-11-3-2-6-17-11/h2-7,9,15H,8H2,1H3/t9-/m0/s1. The van der Waals surface area contributed by atoms with Gasteiger partial charge in [0.25, 0.3) is 0 Å². The SMILES string of the molecule is C[C@H](O)c1ccc(OCc2cccs2)c(F)c1. The molecule has 0 spiro atoms. The summed E-state index contributed by atoms with van der Waals surface area (Å²) in [5.41, 5.74) is 0.547. The molecule has 1 aromatic heterocycles. The molecule has 1 atom stereocenters. The number of ether oxygens (including phenoxy) is 1. The smallest absolute Gasteiger partial charge is 0.165 e. The van der Waals surface area contributed by atoms with Crippen molar-refractivity contribution < 1.29 is 14.2 Å². The summed E-state index contributed by atoms with van der Waals surface area (Å²) in [6.45, 7) is 1.96. The Morgan fingerprint density at radius 3 is 2.82 bits per heavy atom. The second-order valence-corrected chi connectivity index (χ2v) is 4.77. The molecule has 2 aromatic rings. The molecule has 4 heteroatoms. The van der Waals surface area contributed by atoms with Crippen molar-refractivity contribution in [1.29, 1.82) is 0 Å². The summed E-state index contributed by atoms with van der Waals surface area (Å²) in [4.78, 5) is 1.05. The maximum Gasteiger partial charge on any atom is 0.165 e. The molecule has 1 heterocycles. The van der Waals surface area contributed by atoms with Crippen LogP contribution in [0.2, 0.25) is 0 Å². The Bertz CT molecular complexity index is 480. The third kappa shape index (κ3) is 3.05. The lowest BCUT2D eigenvalue weighted by atomic mass is 10.1. The molecule has 0 saturated carbocycles. The number of aliphatic hydroxyl groups is 1. The Kier molecular flexibility index (Phi) is 3.76. The summed E-state index contributed by atoms with van der Waals surface area (Å²) in [6, 6.07) is 8.37. The second kappa shape index (κ2) is 5.29. The quantitative estimate of drug-likeness (QED) is 0.902. The molecule has 2 rings (SSSR count). The van der Waals surface area contributed by atoms with Crippen molar-refractivity contribution >= 4 is 11.3 Å². The van der Waals surface area contributed by atoms with E-state index in [1.54, 1.807) is 30.4 Å². The first-order chi connectivity index (χ1) is 8.16. The van der Waals surface area contributed by atoms with Crippen LogP contribution in [0.5, 0.6) is 5.75 Å². The highest BCUT2D eigenvalue weighted by Crippen LogP contribution is 2.23. The molecule has 0 radical (unpaired) electrons. The number of hydrogen-bond acceptors (Lipinski definition) is 3. The van der Waals surface area contributed by atoms with E-state index in [1.165, 1.54) is 6.07 Å². The third-order valence-electron chi connectivity index (χ3n) is 2.39. The van der Waals surface area contributed by atoms with Crippen LogP contribution in [0.3, 0.4) is 0 Å². The van der Waals surface area contributed by atoms with Gasteiger partial charge in [0.1, 0.15) is 6.61 Å². The van der Waals surface area contributed by atoms with Gasteiger partial charge in [-0.1, -0.05) is 12.1 Å². The van der Waals surface area contributed by atoms with Crippen LogP contribution in [0.15, 0.2) is 35.7 Å². The first kappa shape index (κ1) is 12.1. The molecule has 2 nitrogen and oxygen atoms in total. The largest absolute Gasteiger partial charge is 0.485 e. The fourth-order valence-corrected chi connectivity index (χ4v) is 2.05. The lowest BCUT2D eigenvalue weighted by molar-refractivity contribution is 0.198. The molecule has 0 aliphatic carbocycles. The van der Waals surface area contributed by atoms with Gasteiger partial charge in [-0.3, -0.25) is 0 Å². The van der Waals surface area contributed by atoms with Crippen LogP contribution >= 0.6 is 11.3 Å². The second-order valence-electron chi connectivity index (χ2n) is 3.73. The minimum atomic E-state index is -0.671. The summed E-state index contributed by atoms with van der Waals surface area (Å²) in [6.07, 6.45) is -0.671. The fourth-order valence-electron chi connectivity index (χ4n) is 1.44. The number of aliphatic hydroxyl groups excluding tert-OH is 1. The number of benzene rings is 1. The van der Waals surface area contributed by atoms with E-state index in [1.807, 2.05) is 17.5 Å². The Morgan fingerprint density at radius 1 is 1.41 bits per heavy atom. The van der Waals surface area contributed by atoms with E-state index in [0.717, 1.165) is 4.88 Å². The molecule has 0 fully saturated rings. The zero-order valence-corrected chi connectivity index (χ0v) is 10.2. The molecule has 17 heavy (non-hydrogen) atoms. The molecular weight excluding hydrogens is 239 g/mol. The molecule has 0 aliphatic heterocycles. The van der Waals surface area contributed by atoms with Crippen LogP contribution < -0.4 is 4.74 Å². The van der Waals surface area contributed by atoms with Gasteiger partial charge in [0, 0.05) is 4.88 Å². The van der Waals surface area contributed by atoms with Crippen molar-refractivity contribution in [3.05, 3.63) is 52.0 Å². The van der Waals surface area contributed by atoms with Crippen LogP contribution in [0, 0.1) is 5.82 Å². The highest BCUT2D eigenvalue weighted by Gasteiger charge is 2.08. The van der Waals surface area contributed by atoms with Gasteiger partial charge in [0.15, 0.2) is 11.6 Å². The van der Waals surface area contributed by atoms with Gasteiger partial charge in [0.2, 0.25) is 0 Å². The van der Waals surface area contributed by atoms with E-state index in [9.17, 15) is 9.50 Å². The van der Waals surface area contributed by atoms with Crippen LogP contribution in [-0.4, -0.2) is 5.11 Å². The molecule has 0 aliphatic rings. The average Bonchev–Trinajstić information content (AvgIpc) is 2.80. The summed E-state index contributed by atoms with van der Waals surface area (Å²) in [7, 11) is 0. The van der Waals surface area contributed by atoms with Crippen molar-refractivity contribution in [2.75, 3.05) is 0 Å². The maximum atomic E-state index is 13.6. The molecule has 0 unspecified atom stereocenters. The van der Waals surface area contributed by atoms with Crippen molar-refractivity contribution in [1.82, 2.24) is 0 Å². The van der Waals surface area contributed by atoms with Gasteiger partial charge in [-0.25, -0.2) is 4.39 Å². The minimum absolute atomic E-state index is 0.211. The molecular formula is C13H13FO2S. The van der Waals surface area contributed by atoms with E-state index in [-0.39, 0.29) is 5.75 Å². The van der Waals surface area contributed by atoms with Crippen molar-refractivity contribution in [3.63, 3.8) is 0 Å². The monoisotopic (exact) mass is 252 g/mol. The van der Waals surface area contributed by atoms with Crippen molar-refractivity contribution in [3.8, 4) is 5.75 Å². The first-order valence-corrected chi connectivity index (χ1v) is 6.17. The Hall–Kier alpha value is -1.39. The molecule has 0 bridgehead atoms. The van der Waals surface area contributed by atoms with Gasteiger partial charge < -0.3 is 9.84 Å². The van der Waals surface area contributed by atoms with Crippen LogP contribution in [0.25, 0.3) is 0 Å². The fraction of sp³-hybridized carbons (Fsp3) is 0.231. The summed E-state index contributed by atoms with van der Waals surface area (Å²) >= 11 is 1.57. The zero-order valence-electron chi connectivity index (χ0n) is 9.39. The zero-order chi connectivity index (χ0) is 12.3. The normalized spacial score (nSPS) is 12.4. The lowest BCUT2D eigenvalue weighted by Crippen LogP contribution is -1.98. The number of halogens is 1. The lowest BCUT2D eigenvalue weighted by Gasteiger charge is -2.09. The predicted octanol–water partition coefficient (Wildman–Crippen LogP) is 3.52. The van der Waals surface area contributed by atoms with Crippen LogP contribution in [0.1, 0.15) is 23.5 Å². The summed E-state index contributed by atoms with van der Waals surface area (Å²) in [5, 5.41) is 11.3. The Morgan fingerprint density at radius 2 is 2.24 bits per heavy atom. The number of hydrogen-bond donors (Lipinski definition) is 1. The third-order valence-corrected chi connectivity index (χ3v) is 3.24. The van der Waals surface area contributed by atoms with E-state index >= 15 is 0 Å². The summed E-state index contributed by atoms with van der Waals surface area (Å²) < 4.78 is 19.0. The highest BCUT2D eigenvalue weighted by molar-refractivity contribution is 7.09. The van der Waals surface area contributed by atoms with E-state index < -0.39 is 11.9 Å². The van der Waals surface area contributed by atoms with Gasteiger partial charge in [-0.2, -0.15) is 0 Å².